The van der Waals surface area contributed by atoms with Crippen molar-refractivity contribution in [2.75, 3.05) is 21.2 Å². The minimum atomic E-state index is 0.464. The Hall–Kier alpha value is -2.49. The smallest absolute Gasteiger partial charge is 0.193 e. The van der Waals surface area contributed by atoms with Gasteiger partial charge in [-0.1, -0.05) is 48.5 Å². The molecule has 0 saturated heterocycles. The molecular weight excluding hydrogens is 298 g/mol. The maximum atomic E-state index is 5.44. The second kappa shape index (κ2) is 7.39. The quantitative estimate of drug-likeness (QED) is 0.678. The van der Waals surface area contributed by atoms with E-state index in [9.17, 15) is 0 Å². The highest BCUT2D eigenvalue weighted by Gasteiger charge is 2.39. The van der Waals surface area contributed by atoms with Gasteiger partial charge in [0.1, 0.15) is 5.75 Å². The Morgan fingerprint density at radius 2 is 1.88 bits per heavy atom. The summed E-state index contributed by atoms with van der Waals surface area (Å²) < 4.78 is 5.44. The van der Waals surface area contributed by atoms with Gasteiger partial charge >= 0.3 is 0 Å². The van der Waals surface area contributed by atoms with E-state index in [1.807, 2.05) is 25.2 Å². The predicted molar refractivity (Wildman–Crippen MR) is 98.5 cm³/mol. The van der Waals surface area contributed by atoms with Crippen molar-refractivity contribution >= 4 is 5.96 Å². The number of rotatable bonds is 5. The fourth-order valence-electron chi connectivity index (χ4n) is 3.10. The summed E-state index contributed by atoms with van der Waals surface area (Å²) in [4.78, 5) is 6.58. The van der Waals surface area contributed by atoms with Crippen LogP contribution in [0.25, 0.3) is 0 Å². The molecule has 2 aromatic carbocycles. The molecule has 1 aliphatic rings. The maximum absolute atomic E-state index is 5.44. The zero-order valence-electron chi connectivity index (χ0n) is 14.6. The van der Waals surface area contributed by atoms with Gasteiger partial charge in [-0.25, -0.2) is 0 Å². The summed E-state index contributed by atoms with van der Waals surface area (Å²) in [5.74, 6) is 2.42. The molecule has 1 N–H and O–H groups in total. The van der Waals surface area contributed by atoms with Crippen LogP contribution >= 0.6 is 0 Å². The van der Waals surface area contributed by atoms with Crippen LogP contribution in [-0.2, 0) is 6.54 Å². The predicted octanol–water partition coefficient (Wildman–Crippen LogP) is 3.26. The second-order valence-corrected chi connectivity index (χ2v) is 6.22. The summed E-state index contributed by atoms with van der Waals surface area (Å²) in [7, 11) is 5.60. The number of ether oxygens (including phenoxy) is 1. The molecule has 2 aromatic rings. The molecule has 0 amide bonds. The summed E-state index contributed by atoms with van der Waals surface area (Å²) in [6.07, 6.45) is 1.16. The molecule has 0 spiro atoms. The van der Waals surface area contributed by atoms with Gasteiger partial charge in [-0.3, -0.25) is 4.99 Å². The SMILES string of the molecule is CN=C(NC1CC1c1ccccc1)N(C)Cc1ccccc1OC. The zero-order chi connectivity index (χ0) is 16.9. The Balaban J connectivity index is 1.61. The van der Waals surface area contributed by atoms with Crippen molar-refractivity contribution < 1.29 is 4.74 Å². The van der Waals surface area contributed by atoms with Crippen molar-refractivity contribution in [3.05, 3.63) is 65.7 Å². The number of guanidine groups is 1. The van der Waals surface area contributed by atoms with Gasteiger partial charge < -0.3 is 15.0 Å². The number of methoxy groups -OCH3 is 1. The summed E-state index contributed by atoms with van der Waals surface area (Å²) in [5.41, 5.74) is 2.55. The molecule has 0 radical (unpaired) electrons. The van der Waals surface area contributed by atoms with Crippen LogP contribution in [0.1, 0.15) is 23.5 Å². The van der Waals surface area contributed by atoms with Crippen molar-refractivity contribution in [2.24, 2.45) is 4.99 Å². The highest BCUT2D eigenvalue weighted by atomic mass is 16.5. The molecule has 126 valence electrons. The highest BCUT2D eigenvalue weighted by molar-refractivity contribution is 5.80. The zero-order valence-corrected chi connectivity index (χ0v) is 14.6. The number of aliphatic imine (C=N–C) groups is 1. The summed E-state index contributed by atoms with van der Waals surface area (Å²) in [6, 6.07) is 19.2. The van der Waals surface area contributed by atoms with E-state index in [1.165, 1.54) is 5.56 Å². The highest BCUT2D eigenvalue weighted by Crippen LogP contribution is 2.40. The fraction of sp³-hybridized carbons (Fsp3) is 0.350. The molecule has 0 aliphatic heterocycles. The van der Waals surface area contributed by atoms with Crippen molar-refractivity contribution in [1.29, 1.82) is 0 Å². The van der Waals surface area contributed by atoms with Gasteiger partial charge in [0.15, 0.2) is 5.96 Å². The Labute approximate surface area is 144 Å². The first kappa shape index (κ1) is 16.4. The van der Waals surface area contributed by atoms with Gasteiger partial charge in [-0.15, -0.1) is 0 Å². The van der Waals surface area contributed by atoms with E-state index in [1.54, 1.807) is 7.11 Å². The van der Waals surface area contributed by atoms with Crippen molar-refractivity contribution in [1.82, 2.24) is 10.2 Å². The van der Waals surface area contributed by atoms with Crippen LogP contribution in [0.5, 0.6) is 5.75 Å². The van der Waals surface area contributed by atoms with Crippen LogP contribution < -0.4 is 10.1 Å². The number of hydrogen-bond donors (Lipinski definition) is 1. The van der Waals surface area contributed by atoms with Gasteiger partial charge in [0, 0.05) is 38.2 Å². The van der Waals surface area contributed by atoms with E-state index in [0.29, 0.717) is 12.0 Å². The van der Waals surface area contributed by atoms with Gasteiger partial charge in [0.05, 0.1) is 7.11 Å². The van der Waals surface area contributed by atoms with Gasteiger partial charge in [-0.05, 0) is 18.1 Å². The van der Waals surface area contributed by atoms with Crippen LogP contribution in [0.4, 0.5) is 0 Å². The first-order valence-electron chi connectivity index (χ1n) is 8.34. The van der Waals surface area contributed by atoms with Crippen LogP contribution in [-0.4, -0.2) is 38.1 Å². The number of nitrogens with zero attached hydrogens (tertiary/aromatic N) is 2. The molecule has 2 unspecified atom stereocenters. The number of hydrogen-bond acceptors (Lipinski definition) is 2. The van der Waals surface area contributed by atoms with E-state index >= 15 is 0 Å². The Bertz CT molecular complexity index is 699. The van der Waals surface area contributed by atoms with E-state index in [-0.39, 0.29) is 0 Å². The molecule has 0 heterocycles. The van der Waals surface area contributed by atoms with Crippen LogP contribution in [0.3, 0.4) is 0 Å². The third kappa shape index (κ3) is 3.70. The number of para-hydroxylation sites is 1. The first-order valence-corrected chi connectivity index (χ1v) is 8.34. The lowest BCUT2D eigenvalue weighted by Crippen LogP contribution is -2.40. The van der Waals surface area contributed by atoms with E-state index in [2.05, 4.69) is 58.7 Å². The molecule has 24 heavy (non-hydrogen) atoms. The largest absolute Gasteiger partial charge is 0.496 e. The number of nitrogens with one attached hydrogen (secondary N) is 1. The molecule has 1 aliphatic carbocycles. The maximum Gasteiger partial charge on any atom is 0.193 e. The molecule has 4 heteroatoms. The van der Waals surface area contributed by atoms with Crippen LogP contribution in [0, 0.1) is 0 Å². The third-order valence-electron chi connectivity index (χ3n) is 4.51. The molecule has 1 saturated carbocycles. The molecule has 2 atom stereocenters. The average molecular weight is 323 g/mol. The monoisotopic (exact) mass is 323 g/mol. The van der Waals surface area contributed by atoms with E-state index < -0.39 is 0 Å². The molecule has 1 fully saturated rings. The van der Waals surface area contributed by atoms with E-state index in [0.717, 1.165) is 30.2 Å². The lowest BCUT2D eigenvalue weighted by Gasteiger charge is -2.23. The average Bonchev–Trinajstić information content (AvgIpc) is 3.40. The van der Waals surface area contributed by atoms with Crippen molar-refractivity contribution in [2.45, 2.75) is 24.9 Å². The van der Waals surface area contributed by atoms with Gasteiger partial charge in [-0.2, -0.15) is 0 Å². The second-order valence-electron chi connectivity index (χ2n) is 6.22. The van der Waals surface area contributed by atoms with Crippen molar-refractivity contribution in [3.8, 4) is 5.75 Å². The minimum absolute atomic E-state index is 0.464. The fourth-order valence-corrected chi connectivity index (χ4v) is 3.10. The van der Waals surface area contributed by atoms with Crippen molar-refractivity contribution in [3.63, 3.8) is 0 Å². The number of benzene rings is 2. The standard InChI is InChI=1S/C20H25N3O/c1-21-20(22-18-13-17(18)15-9-5-4-6-10-15)23(2)14-16-11-7-8-12-19(16)24-3/h4-12,17-18H,13-14H2,1-3H3,(H,21,22). The molecule has 0 bridgehead atoms. The van der Waals surface area contributed by atoms with Gasteiger partial charge in [0.25, 0.3) is 0 Å². The molecular formula is C20H25N3O. The third-order valence-corrected chi connectivity index (χ3v) is 4.51. The summed E-state index contributed by atoms with van der Waals surface area (Å²) in [5, 5.41) is 3.58. The topological polar surface area (TPSA) is 36.9 Å². The van der Waals surface area contributed by atoms with E-state index in [4.69, 9.17) is 4.74 Å². The molecule has 0 aromatic heterocycles. The Morgan fingerprint density at radius 3 is 2.58 bits per heavy atom. The Kier molecular flexibility index (Phi) is 5.04. The lowest BCUT2D eigenvalue weighted by molar-refractivity contribution is 0.396. The van der Waals surface area contributed by atoms with Gasteiger partial charge in [0.2, 0.25) is 0 Å². The molecule has 3 rings (SSSR count). The van der Waals surface area contributed by atoms with Crippen LogP contribution in [0.15, 0.2) is 59.6 Å². The normalized spacial score (nSPS) is 19.7. The first-order chi connectivity index (χ1) is 11.7. The Morgan fingerprint density at radius 1 is 1.17 bits per heavy atom. The summed E-state index contributed by atoms with van der Waals surface area (Å²) in [6.45, 7) is 0.756. The minimum Gasteiger partial charge on any atom is -0.496 e. The van der Waals surface area contributed by atoms with Crippen LogP contribution in [0.2, 0.25) is 0 Å². The lowest BCUT2D eigenvalue weighted by atomic mass is 10.1. The molecule has 4 nitrogen and oxygen atoms in total. The summed E-state index contributed by atoms with van der Waals surface area (Å²) >= 11 is 0.